The molecule has 0 saturated carbocycles. The smallest absolute Gasteiger partial charge is 0.184 e. The van der Waals surface area contributed by atoms with Gasteiger partial charge in [-0.3, -0.25) is 0 Å². The summed E-state index contributed by atoms with van der Waals surface area (Å²) in [7, 11) is 1.62. The van der Waals surface area contributed by atoms with Crippen molar-refractivity contribution in [1.82, 2.24) is 20.2 Å². The highest BCUT2D eigenvalue weighted by molar-refractivity contribution is 5.73. The minimum atomic E-state index is 0.156. The highest BCUT2D eigenvalue weighted by Gasteiger charge is 2.27. The number of nitrogens with zero attached hydrogens (tertiary/aromatic N) is 4. The van der Waals surface area contributed by atoms with E-state index < -0.39 is 0 Å². The van der Waals surface area contributed by atoms with Crippen molar-refractivity contribution in [2.45, 2.75) is 19.4 Å². The zero-order chi connectivity index (χ0) is 14.8. The van der Waals surface area contributed by atoms with E-state index in [0.29, 0.717) is 17.4 Å². The van der Waals surface area contributed by atoms with Crippen molar-refractivity contribution in [2.75, 3.05) is 26.1 Å². The molecule has 21 heavy (non-hydrogen) atoms. The first-order valence-corrected chi connectivity index (χ1v) is 7.00. The predicted octanol–water partition coefficient (Wildman–Crippen LogP) is 1.53. The fourth-order valence-corrected chi connectivity index (χ4v) is 2.63. The monoisotopic (exact) mass is 289 g/mol. The van der Waals surface area contributed by atoms with Crippen molar-refractivity contribution in [1.29, 1.82) is 0 Å². The molecule has 1 aromatic carbocycles. The molecule has 1 fully saturated rings. The van der Waals surface area contributed by atoms with Gasteiger partial charge in [0.25, 0.3) is 0 Å². The number of nitrogen functional groups attached to an aromatic ring is 1. The van der Waals surface area contributed by atoms with Gasteiger partial charge in [-0.25, -0.2) is 4.68 Å². The minimum absolute atomic E-state index is 0.156. The number of tetrazole rings is 1. The van der Waals surface area contributed by atoms with E-state index in [1.165, 1.54) is 0 Å². The topological polar surface area (TPSA) is 88.1 Å². The van der Waals surface area contributed by atoms with Crippen LogP contribution in [0.5, 0.6) is 5.75 Å². The standard InChI is InChI=1S/C14H19N5O2/c1-9(10-5-6-21-8-10)19-14(16-17-18-19)12-7-11(20-2)3-4-13(12)15/h3-4,7,9-10H,5-6,8,15H2,1-2H3. The third-order valence-corrected chi connectivity index (χ3v) is 4.03. The summed E-state index contributed by atoms with van der Waals surface area (Å²) in [5.74, 6) is 1.80. The average Bonchev–Trinajstić information content (AvgIpc) is 3.18. The Labute approximate surface area is 123 Å². The van der Waals surface area contributed by atoms with E-state index in [9.17, 15) is 0 Å². The zero-order valence-electron chi connectivity index (χ0n) is 12.2. The largest absolute Gasteiger partial charge is 0.497 e. The summed E-state index contributed by atoms with van der Waals surface area (Å²) in [6.07, 6.45) is 1.02. The van der Waals surface area contributed by atoms with E-state index in [2.05, 4.69) is 22.4 Å². The van der Waals surface area contributed by atoms with Crippen LogP contribution in [-0.2, 0) is 4.74 Å². The van der Waals surface area contributed by atoms with Crippen LogP contribution in [0.3, 0.4) is 0 Å². The van der Waals surface area contributed by atoms with Gasteiger partial charge < -0.3 is 15.2 Å². The van der Waals surface area contributed by atoms with Crippen LogP contribution in [0.2, 0.25) is 0 Å². The zero-order valence-corrected chi connectivity index (χ0v) is 12.2. The summed E-state index contributed by atoms with van der Waals surface area (Å²) in [5, 5.41) is 12.1. The lowest BCUT2D eigenvalue weighted by Gasteiger charge is -2.19. The third kappa shape index (κ3) is 2.56. The fraction of sp³-hybridized carbons (Fsp3) is 0.500. The van der Waals surface area contributed by atoms with Gasteiger partial charge in [-0.15, -0.1) is 5.10 Å². The molecule has 2 unspecified atom stereocenters. The SMILES string of the molecule is COc1ccc(N)c(-c2nnnn2C(C)C2CCOC2)c1. The predicted molar refractivity (Wildman–Crippen MR) is 77.9 cm³/mol. The van der Waals surface area contributed by atoms with E-state index in [1.54, 1.807) is 13.2 Å². The van der Waals surface area contributed by atoms with Gasteiger partial charge in [0.05, 0.1) is 19.8 Å². The molecule has 1 aliphatic rings. The number of anilines is 1. The summed E-state index contributed by atoms with van der Waals surface area (Å²) in [6, 6.07) is 5.63. The van der Waals surface area contributed by atoms with E-state index in [1.807, 2.05) is 16.8 Å². The molecule has 0 aliphatic carbocycles. The molecule has 1 saturated heterocycles. The summed E-state index contributed by atoms with van der Waals surface area (Å²) in [6.45, 7) is 3.65. The van der Waals surface area contributed by atoms with Crippen LogP contribution >= 0.6 is 0 Å². The van der Waals surface area contributed by atoms with Gasteiger partial charge in [-0.1, -0.05) is 0 Å². The number of benzene rings is 1. The summed E-state index contributed by atoms with van der Waals surface area (Å²) < 4.78 is 12.5. The van der Waals surface area contributed by atoms with E-state index in [4.69, 9.17) is 15.2 Å². The van der Waals surface area contributed by atoms with Crippen LogP contribution in [0.15, 0.2) is 18.2 Å². The maximum Gasteiger partial charge on any atom is 0.184 e. The molecule has 2 aromatic rings. The second-order valence-corrected chi connectivity index (χ2v) is 5.26. The molecule has 0 radical (unpaired) electrons. The molecular weight excluding hydrogens is 270 g/mol. The van der Waals surface area contributed by atoms with E-state index in [-0.39, 0.29) is 6.04 Å². The number of methoxy groups -OCH3 is 1. The van der Waals surface area contributed by atoms with Crippen LogP contribution in [0.25, 0.3) is 11.4 Å². The van der Waals surface area contributed by atoms with Crippen molar-refractivity contribution in [3.8, 4) is 17.1 Å². The van der Waals surface area contributed by atoms with E-state index in [0.717, 1.165) is 30.9 Å². The molecular formula is C14H19N5O2. The lowest BCUT2D eigenvalue weighted by Crippen LogP contribution is -2.19. The van der Waals surface area contributed by atoms with Gasteiger partial charge in [-0.2, -0.15) is 0 Å². The quantitative estimate of drug-likeness (QED) is 0.859. The Balaban J connectivity index is 1.98. The number of nitrogens with two attached hydrogens (primary N) is 1. The Morgan fingerprint density at radius 1 is 1.48 bits per heavy atom. The van der Waals surface area contributed by atoms with Crippen LogP contribution in [0.4, 0.5) is 5.69 Å². The normalized spacial score (nSPS) is 19.6. The molecule has 0 amide bonds. The average molecular weight is 289 g/mol. The second kappa shape index (κ2) is 5.69. The molecule has 3 rings (SSSR count). The first kappa shape index (κ1) is 13.8. The number of hydrogen-bond donors (Lipinski definition) is 1. The molecule has 2 atom stereocenters. The Morgan fingerprint density at radius 3 is 3.05 bits per heavy atom. The number of hydrogen-bond acceptors (Lipinski definition) is 6. The summed E-state index contributed by atoms with van der Waals surface area (Å²) in [5.41, 5.74) is 7.48. The molecule has 0 spiro atoms. The molecule has 2 N–H and O–H groups in total. The highest BCUT2D eigenvalue weighted by atomic mass is 16.5. The summed E-state index contributed by atoms with van der Waals surface area (Å²) in [4.78, 5) is 0. The third-order valence-electron chi connectivity index (χ3n) is 4.03. The molecule has 2 heterocycles. The summed E-state index contributed by atoms with van der Waals surface area (Å²) >= 11 is 0. The number of ether oxygens (including phenoxy) is 2. The van der Waals surface area contributed by atoms with E-state index >= 15 is 0 Å². The van der Waals surface area contributed by atoms with Crippen LogP contribution in [-0.4, -0.2) is 40.5 Å². The first-order chi connectivity index (χ1) is 10.2. The second-order valence-electron chi connectivity index (χ2n) is 5.26. The van der Waals surface area contributed by atoms with Crippen LogP contribution in [0, 0.1) is 5.92 Å². The van der Waals surface area contributed by atoms with Gasteiger partial charge in [-0.05, 0) is 42.0 Å². The Bertz CT molecular complexity index is 622. The molecule has 7 heteroatoms. The van der Waals surface area contributed by atoms with Gasteiger partial charge in [0.15, 0.2) is 5.82 Å². The van der Waals surface area contributed by atoms with Crippen molar-refractivity contribution in [3.63, 3.8) is 0 Å². The van der Waals surface area contributed by atoms with Gasteiger partial charge >= 0.3 is 0 Å². The molecule has 0 bridgehead atoms. The maximum atomic E-state index is 6.07. The first-order valence-electron chi connectivity index (χ1n) is 7.00. The van der Waals surface area contributed by atoms with Gasteiger partial charge in [0.1, 0.15) is 5.75 Å². The van der Waals surface area contributed by atoms with Crippen molar-refractivity contribution in [2.24, 2.45) is 5.92 Å². The van der Waals surface area contributed by atoms with Gasteiger partial charge in [0, 0.05) is 23.8 Å². The van der Waals surface area contributed by atoms with Crippen molar-refractivity contribution >= 4 is 5.69 Å². The molecule has 7 nitrogen and oxygen atoms in total. The molecule has 112 valence electrons. The van der Waals surface area contributed by atoms with Crippen LogP contribution < -0.4 is 10.5 Å². The number of aromatic nitrogens is 4. The maximum absolute atomic E-state index is 6.07. The lowest BCUT2D eigenvalue weighted by atomic mass is 10.0. The highest BCUT2D eigenvalue weighted by Crippen LogP contribution is 2.32. The minimum Gasteiger partial charge on any atom is -0.497 e. The van der Waals surface area contributed by atoms with Crippen molar-refractivity contribution < 1.29 is 9.47 Å². The number of rotatable bonds is 4. The lowest BCUT2D eigenvalue weighted by molar-refractivity contribution is 0.173. The Hall–Kier alpha value is -2.15. The van der Waals surface area contributed by atoms with Crippen molar-refractivity contribution in [3.05, 3.63) is 18.2 Å². The van der Waals surface area contributed by atoms with Crippen LogP contribution in [0.1, 0.15) is 19.4 Å². The molecule has 1 aliphatic heterocycles. The molecule has 1 aromatic heterocycles. The Kier molecular flexibility index (Phi) is 3.74. The van der Waals surface area contributed by atoms with Gasteiger partial charge in [0.2, 0.25) is 0 Å². The Morgan fingerprint density at radius 2 is 2.33 bits per heavy atom. The fourth-order valence-electron chi connectivity index (χ4n) is 2.63.